The molecule has 2 heterocycles. The van der Waals surface area contributed by atoms with Crippen molar-refractivity contribution in [3.8, 4) is 23.0 Å². The van der Waals surface area contributed by atoms with E-state index in [4.69, 9.17) is 10.5 Å². The summed E-state index contributed by atoms with van der Waals surface area (Å²) in [7, 11) is 0. The first kappa shape index (κ1) is 15.0. The van der Waals surface area contributed by atoms with Crippen LogP contribution in [-0.4, -0.2) is 20.2 Å². The van der Waals surface area contributed by atoms with Crippen LogP contribution in [-0.2, 0) is 0 Å². The third kappa shape index (κ3) is 2.85. The normalized spacial score (nSPS) is 11.0. The summed E-state index contributed by atoms with van der Waals surface area (Å²) in [6.45, 7) is 0. The van der Waals surface area contributed by atoms with Gasteiger partial charge in [0, 0.05) is 23.5 Å². The Morgan fingerprint density at radius 1 is 1.04 bits per heavy atom. The molecule has 3 N–H and O–H groups in total. The van der Waals surface area contributed by atoms with E-state index in [2.05, 4.69) is 20.2 Å². The number of anilines is 1. The van der Waals surface area contributed by atoms with Crippen molar-refractivity contribution >= 4 is 16.7 Å². The largest absolute Gasteiger partial charge is 0.421 e. The molecule has 0 fully saturated rings. The van der Waals surface area contributed by atoms with Gasteiger partial charge in [-0.2, -0.15) is 10.1 Å². The number of nitrogens with two attached hydrogens (primary N) is 1. The molecule has 4 rings (SSSR count). The molecule has 2 aromatic heterocycles. The quantitative estimate of drug-likeness (QED) is 0.556. The van der Waals surface area contributed by atoms with Crippen molar-refractivity contribution in [2.45, 2.75) is 0 Å². The van der Waals surface area contributed by atoms with Crippen molar-refractivity contribution in [2.75, 3.05) is 5.73 Å². The van der Waals surface area contributed by atoms with Gasteiger partial charge in [-0.3, -0.25) is 5.10 Å². The minimum atomic E-state index is -0.837. The molecule has 0 atom stereocenters. The fraction of sp³-hybridized carbons (Fsp3) is 0. The van der Waals surface area contributed by atoms with E-state index < -0.39 is 11.6 Å². The van der Waals surface area contributed by atoms with Crippen molar-refractivity contribution in [3.05, 3.63) is 60.3 Å². The second kappa shape index (κ2) is 5.82. The topological polar surface area (TPSA) is 89.7 Å². The van der Waals surface area contributed by atoms with Crippen LogP contribution in [0.5, 0.6) is 11.8 Å². The zero-order valence-corrected chi connectivity index (χ0v) is 12.7. The fourth-order valence-corrected chi connectivity index (χ4v) is 2.36. The van der Waals surface area contributed by atoms with E-state index in [-0.39, 0.29) is 11.8 Å². The molecule has 6 nitrogen and oxygen atoms in total. The van der Waals surface area contributed by atoms with Crippen LogP contribution in [0.4, 0.5) is 14.5 Å². The van der Waals surface area contributed by atoms with Crippen LogP contribution in [0, 0.1) is 11.6 Å². The summed E-state index contributed by atoms with van der Waals surface area (Å²) in [5.41, 5.74) is 8.27. The fourth-order valence-electron chi connectivity index (χ4n) is 2.36. The third-order valence-corrected chi connectivity index (χ3v) is 3.57. The third-order valence-electron chi connectivity index (χ3n) is 3.57. The monoisotopic (exact) mass is 339 g/mol. The Kier molecular flexibility index (Phi) is 3.50. The second-order valence-electron chi connectivity index (χ2n) is 5.29. The van der Waals surface area contributed by atoms with E-state index in [0.717, 1.165) is 17.7 Å². The molecular formula is C17H11F2N5O. The van der Waals surface area contributed by atoms with Gasteiger partial charge in [-0.15, -0.1) is 0 Å². The van der Waals surface area contributed by atoms with Gasteiger partial charge in [0.15, 0.2) is 17.2 Å². The summed E-state index contributed by atoms with van der Waals surface area (Å²) in [5.74, 6) is -1.70. The number of fused-ring (bicyclic) bond motifs is 1. The number of rotatable bonds is 3. The lowest BCUT2D eigenvalue weighted by atomic mass is 10.1. The summed E-state index contributed by atoms with van der Waals surface area (Å²) >= 11 is 0. The van der Waals surface area contributed by atoms with Crippen LogP contribution >= 0.6 is 0 Å². The number of benzene rings is 2. The Labute approximate surface area is 140 Å². The Hall–Kier alpha value is -3.55. The van der Waals surface area contributed by atoms with E-state index in [1.807, 2.05) is 12.1 Å². The lowest BCUT2D eigenvalue weighted by Crippen LogP contribution is -1.94. The zero-order chi connectivity index (χ0) is 17.4. The maximum absolute atomic E-state index is 13.7. The Morgan fingerprint density at radius 2 is 1.84 bits per heavy atom. The number of halogens is 2. The summed E-state index contributed by atoms with van der Waals surface area (Å²) in [4.78, 5) is 8.22. The Bertz CT molecular complexity index is 1060. The van der Waals surface area contributed by atoms with Gasteiger partial charge in [0.25, 0.3) is 0 Å². The summed E-state index contributed by atoms with van der Waals surface area (Å²) in [5, 5.41) is 7.69. The van der Waals surface area contributed by atoms with Crippen molar-refractivity contribution in [2.24, 2.45) is 0 Å². The first-order chi connectivity index (χ1) is 12.1. The molecule has 0 unspecified atom stereocenters. The van der Waals surface area contributed by atoms with Crippen LogP contribution in [0.15, 0.2) is 48.7 Å². The highest BCUT2D eigenvalue weighted by Crippen LogP contribution is 2.28. The molecule has 0 saturated heterocycles. The molecule has 2 aromatic carbocycles. The van der Waals surface area contributed by atoms with Gasteiger partial charge < -0.3 is 10.5 Å². The molecule has 0 amide bonds. The molecule has 0 radical (unpaired) electrons. The van der Waals surface area contributed by atoms with Crippen molar-refractivity contribution < 1.29 is 13.5 Å². The van der Waals surface area contributed by atoms with Gasteiger partial charge in [0.05, 0.1) is 5.39 Å². The first-order valence-corrected chi connectivity index (χ1v) is 7.30. The predicted molar refractivity (Wildman–Crippen MR) is 88.0 cm³/mol. The highest BCUT2D eigenvalue weighted by molar-refractivity contribution is 5.90. The number of aromatic amines is 1. The standard InChI is InChI=1S/C17H11F2N5O/c18-10-3-6-14(13(19)7-10)25-17-21-8-12-15(23-24-16(12)22-17)9-1-4-11(20)5-2-9/h1-8H,20H2,(H,21,22,23,24). The van der Waals surface area contributed by atoms with Crippen molar-refractivity contribution in [1.29, 1.82) is 0 Å². The lowest BCUT2D eigenvalue weighted by Gasteiger charge is -2.04. The molecule has 8 heteroatoms. The van der Waals surface area contributed by atoms with E-state index in [9.17, 15) is 8.78 Å². The maximum Gasteiger partial charge on any atom is 0.324 e. The van der Waals surface area contributed by atoms with E-state index in [1.165, 1.54) is 12.3 Å². The predicted octanol–water partition coefficient (Wildman–Crippen LogP) is 3.67. The van der Waals surface area contributed by atoms with Gasteiger partial charge >= 0.3 is 6.01 Å². The molecule has 0 saturated carbocycles. The first-order valence-electron chi connectivity index (χ1n) is 7.30. The number of nitrogens with zero attached hydrogens (tertiary/aromatic N) is 3. The molecule has 0 aliphatic rings. The molecular weight excluding hydrogens is 328 g/mol. The van der Waals surface area contributed by atoms with Crippen LogP contribution in [0.2, 0.25) is 0 Å². The van der Waals surface area contributed by atoms with Gasteiger partial charge in [-0.25, -0.2) is 13.8 Å². The SMILES string of the molecule is Nc1ccc(-c2n[nH]c3nc(Oc4ccc(F)cc4F)ncc23)cc1. The average molecular weight is 339 g/mol. The Morgan fingerprint density at radius 3 is 2.60 bits per heavy atom. The number of hydrogen-bond donors (Lipinski definition) is 2. The number of ether oxygens (including phenoxy) is 1. The number of aromatic nitrogens is 4. The molecule has 0 aliphatic heterocycles. The molecule has 0 aliphatic carbocycles. The van der Waals surface area contributed by atoms with Gasteiger partial charge in [-0.1, -0.05) is 12.1 Å². The van der Waals surface area contributed by atoms with E-state index >= 15 is 0 Å². The second-order valence-corrected chi connectivity index (χ2v) is 5.29. The summed E-state index contributed by atoms with van der Waals surface area (Å²) in [6.07, 6.45) is 1.52. The van der Waals surface area contributed by atoms with Crippen LogP contribution < -0.4 is 10.5 Å². The van der Waals surface area contributed by atoms with Crippen molar-refractivity contribution in [1.82, 2.24) is 20.2 Å². The molecule has 4 aromatic rings. The molecule has 25 heavy (non-hydrogen) atoms. The number of H-pyrrole nitrogens is 1. The smallest absolute Gasteiger partial charge is 0.324 e. The van der Waals surface area contributed by atoms with Crippen LogP contribution in [0.3, 0.4) is 0 Å². The minimum Gasteiger partial charge on any atom is -0.421 e. The average Bonchev–Trinajstić information content (AvgIpc) is 3.01. The van der Waals surface area contributed by atoms with Crippen LogP contribution in [0.1, 0.15) is 0 Å². The van der Waals surface area contributed by atoms with E-state index in [0.29, 0.717) is 22.4 Å². The van der Waals surface area contributed by atoms with Gasteiger partial charge in [0.1, 0.15) is 11.5 Å². The molecule has 0 bridgehead atoms. The van der Waals surface area contributed by atoms with E-state index in [1.54, 1.807) is 12.1 Å². The van der Waals surface area contributed by atoms with Crippen molar-refractivity contribution in [3.63, 3.8) is 0 Å². The van der Waals surface area contributed by atoms with Gasteiger partial charge in [-0.05, 0) is 24.3 Å². The summed E-state index contributed by atoms with van der Waals surface area (Å²) < 4.78 is 31.9. The summed E-state index contributed by atoms with van der Waals surface area (Å²) in [6, 6.07) is 10.1. The molecule has 0 spiro atoms. The zero-order valence-electron chi connectivity index (χ0n) is 12.7. The highest BCUT2D eigenvalue weighted by atomic mass is 19.1. The van der Waals surface area contributed by atoms with Gasteiger partial charge in [0.2, 0.25) is 0 Å². The maximum atomic E-state index is 13.7. The lowest BCUT2D eigenvalue weighted by molar-refractivity contribution is 0.409. The number of nitrogen functional groups attached to an aromatic ring is 1. The number of hydrogen-bond acceptors (Lipinski definition) is 5. The molecule has 124 valence electrons. The number of nitrogens with one attached hydrogen (secondary N) is 1. The Balaban J connectivity index is 1.68. The van der Waals surface area contributed by atoms with Crippen LogP contribution in [0.25, 0.3) is 22.3 Å². The minimum absolute atomic E-state index is 0.0782. The highest BCUT2D eigenvalue weighted by Gasteiger charge is 2.13.